The summed E-state index contributed by atoms with van der Waals surface area (Å²) < 4.78 is 28.7. The minimum absolute atomic E-state index is 0.338. The molecule has 2 aromatic rings. The second-order valence-electron chi connectivity index (χ2n) is 4.32. The van der Waals surface area contributed by atoms with Gasteiger partial charge in [-0.15, -0.1) is 0 Å². The molecule has 0 bridgehead atoms. The standard InChI is InChI=1S/C14H12Br2F2N2/c15-9-1-3-11(13(18)7-9)14(20-19)6-8-5-10(17)2-4-12(8)16/h1-5,7,14,20H,6,19H2. The second-order valence-corrected chi connectivity index (χ2v) is 6.09. The SMILES string of the molecule is NNC(Cc1cc(F)ccc1Br)c1ccc(Br)cc1F. The monoisotopic (exact) mass is 404 g/mol. The lowest BCUT2D eigenvalue weighted by atomic mass is 9.99. The van der Waals surface area contributed by atoms with Crippen LogP contribution in [0.1, 0.15) is 17.2 Å². The van der Waals surface area contributed by atoms with Crippen molar-refractivity contribution in [2.45, 2.75) is 12.5 Å². The fraction of sp³-hybridized carbons (Fsp3) is 0.143. The van der Waals surface area contributed by atoms with Crippen molar-refractivity contribution in [2.24, 2.45) is 5.84 Å². The third-order valence-electron chi connectivity index (χ3n) is 2.97. The van der Waals surface area contributed by atoms with Gasteiger partial charge in [-0.3, -0.25) is 11.3 Å². The molecule has 0 heterocycles. The summed E-state index contributed by atoms with van der Waals surface area (Å²) in [6.07, 6.45) is 0.368. The van der Waals surface area contributed by atoms with Crippen molar-refractivity contribution in [3.8, 4) is 0 Å². The van der Waals surface area contributed by atoms with Crippen LogP contribution < -0.4 is 11.3 Å². The van der Waals surface area contributed by atoms with Crippen LogP contribution in [0, 0.1) is 11.6 Å². The Morgan fingerprint density at radius 3 is 2.50 bits per heavy atom. The third kappa shape index (κ3) is 3.63. The fourth-order valence-electron chi connectivity index (χ4n) is 1.96. The van der Waals surface area contributed by atoms with E-state index in [2.05, 4.69) is 37.3 Å². The van der Waals surface area contributed by atoms with E-state index in [1.54, 1.807) is 18.2 Å². The molecule has 1 unspecified atom stereocenters. The number of halogens is 4. The molecule has 0 radical (unpaired) electrons. The molecule has 20 heavy (non-hydrogen) atoms. The van der Waals surface area contributed by atoms with Crippen LogP contribution in [0.4, 0.5) is 8.78 Å². The number of nitrogens with two attached hydrogens (primary N) is 1. The lowest BCUT2D eigenvalue weighted by molar-refractivity contribution is 0.508. The van der Waals surface area contributed by atoms with E-state index in [4.69, 9.17) is 5.84 Å². The molecule has 6 heteroatoms. The van der Waals surface area contributed by atoms with Gasteiger partial charge >= 0.3 is 0 Å². The molecule has 2 aromatic carbocycles. The first kappa shape index (κ1) is 15.6. The van der Waals surface area contributed by atoms with E-state index in [1.807, 2.05) is 0 Å². The average Bonchev–Trinajstić information content (AvgIpc) is 2.40. The van der Waals surface area contributed by atoms with Gasteiger partial charge in [0.1, 0.15) is 11.6 Å². The topological polar surface area (TPSA) is 38.0 Å². The Morgan fingerprint density at radius 1 is 1.10 bits per heavy atom. The number of rotatable bonds is 4. The summed E-state index contributed by atoms with van der Waals surface area (Å²) in [6.45, 7) is 0. The molecular weight excluding hydrogens is 394 g/mol. The zero-order valence-corrected chi connectivity index (χ0v) is 13.5. The zero-order valence-electron chi connectivity index (χ0n) is 10.3. The van der Waals surface area contributed by atoms with Gasteiger partial charge in [-0.05, 0) is 42.3 Å². The van der Waals surface area contributed by atoms with Gasteiger partial charge in [0.25, 0.3) is 0 Å². The maximum atomic E-state index is 14.0. The number of hydrogen-bond donors (Lipinski definition) is 2. The van der Waals surface area contributed by atoms with Crippen LogP contribution in [-0.2, 0) is 6.42 Å². The Kier molecular flexibility index (Phi) is 5.26. The van der Waals surface area contributed by atoms with Crippen LogP contribution in [0.25, 0.3) is 0 Å². The third-order valence-corrected chi connectivity index (χ3v) is 4.24. The Morgan fingerprint density at radius 2 is 1.85 bits per heavy atom. The molecule has 0 amide bonds. The molecule has 1 atom stereocenters. The molecular formula is C14H12Br2F2N2. The van der Waals surface area contributed by atoms with Crippen LogP contribution in [-0.4, -0.2) is 0 Å². The van der Waals surface area contributed by atoms with E-state index < -0.39 is 6.04 Å². The van der Waals surface area contributed by atoms with Gasteiger partial charge in [-0.25, -0.2) is 8.78 Å². The summed E-state index contributed by atoms with van der Waals surface area (Å²) >= 11 is 6.56. The molecule has 2 nitrogen and oxygen atoms in total. The Balaban J connectivity index is 2.31. The molecule has 0 aliphatic carbocycles. The molecule has 0 saturated carbocycles. The summed E-state index contributed by atoms with van der Waals surface area (Å²) in [7, 11) is 0. The molecule has 0 fully saturated rings. The summed E-state index contributed by atoms with van der Waals surface area (Å²) in [5.74, 6) is 4.81. The van der Waals surface area contributed by atoms with Crippen molar-refractivity contribution in [2.75, 3.05) is 0 Å². The predicted molar refractivity (Wildman–Crippen MR) is 82.0 cm³/mol. The molecule has 0 aromatic heterocycles. The van der Waals surface area contributed by atoms with E-state index in [9.17, 15) is 8.78 Å². The highest BCUT2D eigenvalue weighted by Gasteiger charge is 2.17. The highest BCUT2D eigenvalue weighted by Crippen LogP contribution is 2.27. The Labute approximate surface area is 132 Å². The minimum Gasteiger partial charge on any atom is -0.271 e. The lowest BCUT2D eigenvalue weighted by Crippen LogP contribution is -2.30. The number of hydrogen-bond acceptors (Lipinski definition) is 2. The van der Waals surface area contributed by atoms with Crippen molar-refractivity contribution in [3.05, 3.63) is 68.1 Å². The Hall–Kier alpha value is -0.820. The first-order valence-corrected chi connectivity index (χ1v) is 7.45. The maximum absolute atomic E-state index is 14.0. The van der Waals surface area contributed by atoms with Crippen LogP contribution in [0.2, 0.25) is 0 Å². The van der Waals surface area contributed by atoms with Crippen molar-refractivity contribution in [1.82, 2.24) is 5.43 Å². The molecule has 0 aliphatic rings. The van der Waals surface area contributed by atoms with E-state index in [0.717, 1.165) is 10.0 Å². The van der Waals surface area contributed by atoms with Gasteiger partial charge in [-0.2, -0.15) is 0 Å². The van der Waals surface area contributed by atoms with Crippen LogP contribution in [0.15, 0.2) is 45.3 Å². The maximum Gasteiger partial charge on any atom is 0.129 e. The van der Waals surface area contributed by atoms with Gasteiger partial charge in [-0.1, -0.05) is 37.9 Å². The number of hydrazine groups is 1. The van der Waals surface area contributed by atoms with Gasteiger partial charge in [0.15, 0.2) is 0 Å². The van der Waals surface area contributed by atoms with E-state index >= 15 is 0 Å². The fourth-order valence-corrected chi connectivity index (χ4v) is 2.70. The van der Waals surface area contributed by atoms with Crippen molar-refractivity contribution in [3.63, 3.8) is 0 Å². The van der Waals surface area contributed by atoms with Crippen LogP contribution in [0.5, 0.6) is 0 Å². The largest absolute Gasteiger partial charge is 0.271 e. The van der Waals surface area contributed by atoms with E-state index in [1.165, 1.54) is 18.2 Å². The smallest absolute Gasteiger partial charge is 0.129 e. The predicted octanol–water partition coefficient (Wildman–Crippen LogP) is 4.24. The lowest BCUT2D eigenvalue weighted by Gasteiger charge is -2.18. The molecule has 0 saturated heterocycles. The molecule has 0 spiro atoms. The molecule has 106 valence electrons. The van der Waals surface area contributed by atoms with Gasteiger partial charge in [0, 0.05) is 14.5 Å². The zero-order chi connectivity index (χ0) is 14.7. The highest BCUT2D eigenvalue weighted by atomic mass is 79.9. The highest BCUT2D eigenvalue weighted by molar-refractivity contribution is 9.10. The number of benzene rings is 2. The van der Waals surface area contributed by atoms with Gasteiger partial charge in [0.05, 0.1) is 6.04 Å². The van der Waals surface area contributed by atoms with Crippen molar-refractivity contribution in [1.29, 1.82) is 0 Å². The van der Waals surface area contributed by atoms with Gasteiger partial charge in [0.2, 0.25) is 0 Å². The summed E-state index contributed by atoms with van der Waals surface area (Å²) in [4.78, 5) is 0. The minimum atomic E-state index is -0.443. The Bertz CT molecular complexity index is 620. The molecule has 0 aliphatic heterocycles. The average molecular weight is 406 g/mol. The molecule has 3 N–H and O–H groups in total. The normalized spacial score (nSPS) is 12.4. The van der Waals surface area contributed by atoms with E-state index in [-0.39, 0.29) is 11.6 Å². The summed E-state index contributed by atoms with van der Waals surface area (Å²) in [5, 5.41) is 0. The van der Waals surface area contributed by atoms with Crippen LogP contribution >= 0.6 is 31.9 Å². The summed E-state index contributed by atoms with van der Waals surface area (Å²) in [5.41, 5.74) is 3.73. The van der Waals surface area contributed by atoms with Gasteiger partial charge < -0.3 is 0 Å². The van der Waals surface area contributed by atoms with Crippen molar-refractivity contribution < 1.29 is 8.78 Å². The number of nitrogens with one attached hydrogen (secondary N) is 1. The first-order chi connectivity index (χ1) is 9.51. The quantitative estimate of drug-likeness (QED) is 0.589. The summed E-state index contributed by atoms with van der Waals surface area (Å²) in [6, 6.07) is 8.71. The van der Waals surface area contributed by atoms with Crippen LogP contribution in [0.3, 0.4) is 0 Å². The first-order valence-electron chi connectivity index (χ1n) is 5.86. The molecule has 2 rings (SSSR count). The van der Waals surface area contributed by atoms with Crippen molar-refractivity contribution >= 4 is 31.9 Å². The van der Waals surface area contributed by atoms with E-state index in [0.29, 0.717) is 16.5 Å². The second kappa shape index (κ2) is 6.76.